The van der Waals surface area contributed by atoms with Crippen LogP contribution in [0.1, 0.15) is 36.5 Å². The monoisotopic (exact) mass is 455 g/mol. The Morgan fingerprint density at radius 2 is 1.62 bits per heavy atom. The standard InChI is InChI=1S/C27H25N3O4/c1-5-12-30-26(31)22(16-28)14-20-8-11-24(25(15-20)33-4)34-27(32)23(17-29)13-19-6-9-21(10-7-19)18(2)3/h5-11,13-15,18H,1,12H2,2-4H3,(H,30,31)/b22-14+,23-13-. The number of benzene rings is 2. The summed E-state index contributed by atoms with van der Waals surface area (Å²) in [5, 5.41) is 21.3. The van der Waals surface area contributed by atoms with E-state index in [4.69, 9.17) is 9.47 Å². The van der Waals surface area contributed by atoms with Crippen LogP contribution in [-0.2, 0) is 9.59 Å². The van der Waals surface area contributed by atoms with E-state index < -0.39 is 11.9 Å². The van der Waals surface area contributed by atoms with E-state index in [1.54, 1.807) is 6.07 Å². The van der Waals surface area contributed by atoms with Gasteiger partial charge in [0.15, 0.2) is 11.5 Å². The number of hydrogen-bond donors (Lipinski definition) is 1. The molecule has 34 heavy (non-hydrogen) atoms. The van der Waals surface area contributed by atoms with E-state index in [2.05, 4.69) is 25.7 Å². The van der Waals surface area contributed by atoms with Gasteiger partial charge in [0.1, 0.15) is 23.3 Å². The van der Waals surface area contributed by atoms with Crippen molar-refractivity contribution in [3.8, 4) is 23.6 Å². The normalized spacial score (nSPS) is 11.2. The Bertz CT molecular complexity index is 1210. The number of nitrogens with zero attached hydrogens (tertiary/aromatic N) is 2. The number of esters is 1. The van der Waals surface area contributed by atoms with Gasteiger partial charge in [-0.05, 0) is 46.9 Å². The first-order valence-electron chi connectivity index (χ1n) is 10.5. The van der Waals surface area contributed by atoms with Crippen molar-refractivity contribution < 1.29 is 19.1 Å². The molecule has 0 aromatic heterocycles. The highest BCUT2D eigenvalue weighted by Gasteiger charge is 2.16. The molecule has 2 rings (SSSR count). The van der Waals surface area contributed by atoms with Crippen LogP contribution in [0, 0.1) is 22.7 Å². The minimum Gasteiger partial charge on any atom is -0.493 e. The molecule has 0 spiro atoms. The number of rotatable bonds is 9. The number of nitrogens with one attached hydrogen (secondary N) is 1. The Balaban J connectivity index is 2.25. The molecule has 1 amide bonds. The molecule has 0 saturated carbocycles. The molecular weight excluding hydrogens is 430 g/mol. The van der Waals surface area contributed by atoms with Crippen LogP contribution in [0.15, 0.2) is 66.3 Å². The van der Waals surface area contributed by atoms with Crippen molar-refractivity contribution in [2.45, 2.75) is 19.8 Å². The van der Waals surface area contributed by atoms with Crippen LogP contribution in [0.4, 0.5) is 0 Å². The predicted molar refractivity (Wildman–Crippen MR) is 130 cm³/mol. The Kier molecular flexibility index (Phi) is 9.37. The molecule has 2 aromatic rings. The summed E-state index contributed by atoms with van der Waals surface area (Å²) in [5.41, 5.74) is 2.06. The second-order valence-corrected chi connectivity index (χ2v) is 7.46. The minimum absolute atomic E-state index is 0.0931. The second kappa shape index (κ2) is 12.4. The minimum atomic E-state index is -0.835. The van der Waals surface area contributed by atoms with E-state index >= 15 is 0 Å². The first-order valence-corrected chi connectivity index (χ1v) is 10.5. The summed E-state index contributed by atoms with van der Waals surface area (Å²) in [6.45, 7) is 7.90. The highest BCUT2D eigenvalue weighted by atomic mass is 16.6. The van der Waals surface area contributed by atoms with Crippen molar-refractivity contribution >= 4 is 24.0 Å². The van der Waals surface area contributed by atoms with Gasteiger partial charge in [-0.2, -0.15) is 10.5 Å². The molecule has 0 saturated heterocycles. The third-order valence-corrected chi connectivity index (χ3v) is 4.73. The highest BCUT2D eigenvalue weighted by Crippen LogP contribution is 2.30. The Morgan fingerprint density at radius 1 is 1.00 bits per heavy atom. The van der Waals surface area contributed by atoms with E-state index in [1.807, 2.05) is 36.4 Å². The molecule has 1 N–H and O–H groups in total. The SMILES string of the molecule is C=CCNC(=O)/C(C#N)=C/c1ccc(OC(=O)/C(C#N)=C\c2ccc(C(C)C)cc2)c(OC)c1. The van der Waals surface area contributed by atoms with Gasteiger partial charge < -0.3 is 14.8 Å². The highest BCUT2D eigenvalue weighted by molar-refractivity contribution is 6.02. The molecule has 0 bridgehead atoms. The molecular formula is C27H25N3O4. The first kappa shape index (κ1) is 25.6. The largest absolute Gasteiger partial charge is 0.493 e. The van der Waals surface area contributed by atoms with Gasteiger partial charge in [-0.3, -0.25) is 4.79 Å². The summed E-state index contributed by atoms with van der Waals surface area (Å²) in [6, 6.07) is 15.8. The maximum Gasteiger partial charge on any atom is 0.354 e. The molecule has 0 heterocycles. The molecule has 0 aliphatic carbocycles. The van der Waals surface area contributed by atoms with Crippen LogP contribution in [0.5, 0.6) is 11.5 Å². The summed E-state index contributed by atoms with van der Waals surface area (Å²) in [7, 11) is 1.39. The predicted octanol–water partition coefficient (Wildman–Crippen LogP) is 4.54. The van der Waals surface area contributed by atoms with Gasteiger partial charge in [0.25, 0.3) is 5.91 Å². The smallest absolute Gasteiger partial charge is 0.354 e. The van der Waals surface area contributed by atoms with E-state index in [1.165, 1.54) is 37.5 Å². The zero-order valence-electron chi connectivity index (χ0n) is 19.3. The van der Waals surface area contributed by atoms with Crippen molar-refractivity contribution in [2.75, 3.05) is 13.7 Å². The lowest BCUT2D eigenvalue weighted by molar-refractivity contribution is -0.129. The Hall–Kier alpha value is -4.62. The molecule has 2 aromatic carbocycles. The second-order valence-electron chi connectivity index (χ2n) is 7.46. The number of ether oxygens (including phenoxy) is 2. The molecule has 7 heteroatoms. The lowest BCUT2D eigenvalue weighted by Gasteiger charge is -2.10. The molecule has 7 nitrogen and oxygen atoms in total. The third-order valence-electron chi connectivity index (χ3n) is 4.73. The Morgan fingerprint density at radius 3 is 2.18 bits per heavy atom. The maximum absolute atomic E-state index is 12.6. The lowest BCUT2D eigenvalue weighted by atomic mass is 10.0. The van der Waals surface area contributed by atoms with Gasteiger partial charge in [0, 0.05) is 6.54 Å². The number of carbonyl (C=O) groups is 2. The first-order chi connectivity index (χ1) is 16.3. The van der Waals surface area contributed by atoms with Gasteiger partial charge in [-0.25, -0.2) is 4.79 Å². The van der Waals surface area contributed by atoms with Crippen molar-refractivity contribution in [3.05, 3.63) is 83.0 Å². The summed E-state index contributed by atoms with van der Waals surface area (Å²) < 4.78 is 10.7. The fourth-order valence-electron chi connectivity index (χ4n) is 2.87. The molecule has 0 unspecified atom stereocenters. The zero-order valence-corrected chi connectivity index (χ0v) is 19.3. The molecule has 0 atom stereocenters. The van der Waals surface area contributed by atoms with Gasteiger partial charge >= 0.3 is 5.97 Å². The Labute approximate surface area is 199 Å². The summed E-state index contributed by atoms with van der Waals surface area (Å²) in [5.74, 6) is -0.713. The fourth-order valence-corrected chi connectivity index (χ4v) is 2.87. The molecule has 172 valence electrons. The number of hydrogen-bond acceptors (Lipinski definition) is 6. The summed E-state index contributed by atoms with van der Waals surface area (Å²) in [6.07, 6.45) is 4.34. The fraction of sp³-hybridized carbons (Fsp3) is 0.185. The van der Waals surface area contributed by atoms with Crippen LogP contribution >= 0.6 is 0 Å². The van der Waals surface area contributed by atoms with E-state index in [0.717, 1.165) is 5.56 Å². The molecule has 0 aliphatic rings. The zero-order chi connectivity index (χ0) is 25.1. The van der Waals surface area contributed by atoms with Crippen LogP contribution in [-0.4, -0.2) is 25.5 Å². The maximum atomic E-state index is 12.6. The van der Waals surface area contributed by atoms with Crippen molar-refractivity contribution in [2.24, 2.45) is 0 Å². The lowest BCUT2D eigenvalue weighted by Crippen LogP contribution is -2.24. The quantitative estimate of drug-likeness (QED) is 0.195. The summed E-state index contributed by atoms with van der Waals surface area (Å²) >= 11 is 0. The van der Waals surface area contributed by atoms with E-state index in [-0.39, 0.29) is 29.2 Å². The number of carbonyl (C=O) groups excluding carboxylic acids is 2. The van der Waals surface area contributed by atoms with Crippen molar-refractivity contribution in [1.29, 1.82) is 10.5 Å². The number of methoxy groups -OCH3 is 1. The van der Waals surface area contributed by atoms with Crippen molar-refractivity contribution in [1.82, 2.24) is 5.32 Å². The van der Waals surface area contributed by atoms with Crippen LogP contribution in [0.25, 0.3) is 12.2 Å². The van der Waals surface area contributed by atoms with E-state index in [9.17, 15) is 20.1 Å². The average Bonchev–Trinajstić information content (AvgIpc) is 2.85. The van der Waals surface area contributed by atoms with Gasteiger partial charge in [0.2, 0.25) is 0 Å². The molecule has 0 aliphatic heterocycles. The van der Waals surface area contributed by atoms with Gasteiger partial charge in [-0.15, -0.1) is 6.58 Å². The number of amides is 1. The third kappa shape index (κ3) is 6.94. The average molecular weight is 456 g/mol. The van der Waals surface area contributed by atoms with Crippen LogP contribution in [0.2, 0.25) is 0 Å². The van der Waals surface area contributed by atoms with Gasteiger partial charge in [0.05, 0.1) is 7.11 Å². The van der Waals surface area contributed by atoms with Gasteiger partial charge in [-0.1, -0.05) is 50.3 Å². The molecule has 0 radical (unpaired) electrons. The van der Waals surface area contributed by atoms with Crippen LogP contribution in [0.3, 0.4) is 0 Å². The van der Waals surface area contributed by atoms with Crippen LogP contribution < -0.4 is 14.8 Å². The molecule has 0 fully saturated rings. The topological polar surface area (TPSA) is 112 Å². The van der Waals surface area contributed by atoms with Crippen molar-refractivity contribution in [3.63, 3.8) is 0 Å². The van der Waals surface area contributed by atoms with E-state index in [0.29, 0.717) is 17.0 Å². The summed E-state index contributed by atoms with van der Waals surface area (Å²) in [4.78, 5) is 24.6. The number of nitriles is 2.